The van der Waals surface area contributed by atoms with E-state index in [1.165, 1.54) is 4.90 Å². The second-order valence-electron chi connectivity index (χ2n) is 7.19. The number of rotatable bonds is 4. The molecule has 8 heteroatoms. The third-order valence-corrected chi connectivity index (χ3v) is 4.01. The maximum atomic E-state index is 13.1. The normalized spacial score (nSPS) is 16.8. The zero-order chi connectivity index (χ0) is 17.1. The molecule has 0 bridgehead atoms. The van der Waals surface area contributed by atoms with Crippen LogP contribution >= 0.6 is 12.4 Å². The average Bonchev–Trinajstić information content (AvgIpc) is 2.99. The van der Waals surface area contributed by atoms with Crippen LogP contribution in [0.5, 0.6) is 0 Å². The van der Waals surface area contributed by atoms with Gasteiger partial charge in [-0.25, -0.2) is 0 Å². The van der Waals surface area contributed by atoms with Crippen LogP contribution in [0.2, 0.25) is 0 Å². The van der Waals surface area contributed by atoms with Crippen LogP contribution in [0.25, 0.3) is 0 Å². The Kier molecular flexibility index (Phi) is 6.80. The van der Waals surface area contributed by atoms with E-state index in [0.717, 1.165) is 13.1 Å². The number of aromatic nitrogens is 2. The van der Waals surface area contributed by atoms with E-state index in [9.17, 15) is 9.59 Å². The van der Waals surface area contributed by atoms with Crippen LogP contribution in [0.1, 0.15) is 33.6 Å². The summed E-state index contributed by atoms with van der Waals surface area (Å²) in [5, 5.41) is 10.5. The summed E-state index contributed by atoms with van der Waals surface area (Å²) in [6.07, 6.45) is 4.84. The molecule has 1 aromatic rings. The highest BCUT2D eigenvalue weighted by atomic mass is 35.5. The number of piperidine rings is 1. The molecule has 2 amide bonds. The number of hydrogen-bond acceptors (Lipinski definition) is 4. The molecule has 1 aromatic heterocycles. The molecule has 0 spiro atoms. The Labute approximate surface area is 149 Å². The Hall–Kier alpha value is -1.60. The number of carbonyl (C=O) groups is 2. The van der Waals surface area contributed by atoms with Crippen LogP contribution in [0.4, 0.5) is 0 Å². The lowest BCUT2D eigenvalue weighted by molar-refractivity contribution is -0.144. The van der Waals surface area contributed by atoms with Crippen LogP contribution in [0, 0.1) is 0 Å². The molecule has 2 N–H and O–H groups in total. The van der Waals surface area contributed by atoms with Crippen molar-refractivity contribution in [1.29, 1.82) is 0 Å². The van der Waals surface area contributed by atoms with Crippen molar-refractivity contribution < 1.29 is 9.59 Å². The molecule has 24 heavy (non-hydrogen) atoms. The lowest BCUT2D eigenvalue weighted by Crippen LogP contribution is -2.56. The first kappa shape index (κ1) is 20.4. The van der Waals surface area contributed by atoms with Crippen LogP contribution < -0.4 is 10.6 Å². The highest BCUT2D eigenvalue weighted by Crippen LogP contribution is 2.29. The number of carbonyl (C=O) groups excluding carboxylic acids is 2. The van der Waals surface area contributed by atoms with Gasteiger partial charge >= 0.3 is 0 Å². The predicted molar refractivity (Wildman–Crippen MR) is 95.1 cm³/mol. The molecule has 0 aliphatic carbocycles. The van der Waals surface area contributed by atoms with Crippen molar-refractivity contribution in [2.45, 2.75) is 44.7 Å². The third kappa shape index (κ3) is 4.70. The molecule has 1 aliphatic heterocycles. The Balaban J connectivity index is 0.00000288. The number of hydrogen-bond donors (Lipinski definition) is 2. The van der Waals surface area contributed by atoms with E-state index >= 15 is 0 Å². The summed E-state index contributed by atoms with van der Waals surface area (Å²) < 4.78 is 1.74. The summed E-state index contributed by atoms with van der Waals surface area (Å²) in [5.41, 5.74) is -1.01. The van der Waals surface area contributed by atoms with Crippen molar-refractivity contribution in [3.05, 3.63) is 18.5 Å². The van der Waals surface area contributed by atoms with Gasteiger partial charge in [-0.1, -0.05) is 0 Å². The fourth-order valence-electron chi connectivity index (χ4n) is 3.00. The van der Waals surface area contributed by atoms with Gasteiger partial charge in [0.2, 0.25) is 5.91 Å². The molecule has 0 radical (unpaired) electrons. The monoisotopic (exact) mass is 357 g/mol. The van der Waals surface area contributed by atoms with Crippen LogP contribution in [0.3, 0.4) is 0 Å². The van der Waals surface area contributed by atoms with Crippen LogP contribution in [-0.4, -0.2) is 58.7 Å². The fraction of sp³-hybridized carbons (Fsp3) is 0.688. The summed E-state index contributed by atoms with van der Waals surface area (Å²) in [7, 11) is 1.68. The second kappa shape index (κ2) is 7.98. The molecule has 136 valence electrons. The summed E-state index contributed by atoms with van der Waals surface area (Å²) in [4.78, 5) is 26.7. The molecule has 2 rings (SSSR count). The maximum absolute atomic E-state index is 13.1. The standard InChI is InChI=1S/C16H27N5O2.ClH/c1-15(2,3)19-13(22)12-20(4)14(23)16(6-9-17-10-7-16)21-11-5-8-18-21;/h5,8,11,17H,6-7,9-10,12H2,1-4H3,(H,19,22);1H. The molecule has 0 saturated carbocycles. The van der Waals surface area contributed by atoms with Crippen molar-refractivity contribution in [1.82, 2.24) is 25.3 Å². The van der Waals surface area contributed by atoms with E-state index in [-0.39, 0.29) is 36.3 Å². The maximum Gasteiger partial charge on any atom is 0.250 e. The quantitative estimate of drug-likeness (QED) is 0.833. The van der Waals surface area contributed by atoms with Crippen molar-refractivity contribution in [2.75, 3.05) is 26.7 Å². The van der Waals surface area contributed by atoms with E-state index in [4.69, 9.17) is 0 Å². The molecule has 2 heterocycles. The Morgan fingerprint density at radius 3 is 2.46 bits per heavy atom. The summed E-state index contributed by atoms with van der Waals surface area (Å²) >= 11 is 0. The topological polar surface area (TPSA) is 79.3 Å². The van der Waals surface area contributed by atoms with Crippen LogP contribution in [0.15, 0.2) is 18.5 Å². The van der Waals surface area contributed by atoms with Crippen molar-refractivity contribution >= 4 is 24.2 Å². The first-order chi connectivity index (χ1) is 10.7. The highest BCUT2D eigenvalue weighted by molar-refractivity contribution is 5.89. The molecule has 0 atom stereocenters. The van der Waals surface area contributed by atoms with Gasteiger partial charge in [-0.3, -0.25) is 14.3 Å². The molecule has 0 aromatic carbocycles. The minimum atomic E-state index is -0.703. The van der Waals surface area contributed by atoms with E-state index in [2.05, 4.69) is 15.7 Å². The second-order valence-corrected chi connectivity index (χ2v) is 7.19. The summed E-state index contributed by atoms with van der Waals surface area (Å²) in [6.45, 7) is 7.33. The van der Waals surface area contributed by atoms with Crippen molar-refractivity contribution in [2.24, 2.45) is 0 Å². The van der Waals surface area contributed by atoms with Gasteiger partial charge < -0.3 is 15.5 Å². The zero-order valence-corrected chi connectivity index (χ0v) is 15.7. The minimum absolute atomic E-state index is 0. The Morgan fingerprint density at radius 2 is 1.96 bits per heavy atom. The number of nitrogens with zero attached hydrogens (tertiary/aromatic N) is 3. The smallest absolute Gasteiger partial charge is 0.250 e. The molecule has 7 nitrogen and oxygen atoms in total. The largest absolute Gasteiger partial charge is 0.350 e. The van der Waals surface area contributed by atoms with E-state index in [0.29, 0.717) is 12.8 Å². The number of likely N-dealkylation sites (N-methyl/N-ethyl adjacent to an activating group) is 1. The van der Waals surface area contributed by atoms with Gasteiger partial charge in [-0.15, -0.1) is 12.4 Å². The summed E-state index contributed by atoms with van der Waals surface area (Å²) in [6, 6.07) is 1.82. The lowest BCUT2D eigenvalue weighted by Gasteiger charge is -2.39. The summed E-state index contributed by atoms with van der Waals surface area (Å²) in [5.74, 6) is -0.218. The first-order valence-electron chi connectivity index (χ1n) is 8.02. The van der Waals surface area contributed by atoms with E-state index in [1.807, 2.05) is 33.0 Å². The third-order valence-electron chi connectivity index (χ3n) is 4.01. The fourth-order valence-corrected chi connectivity index (χ4v) is 3.00. The Bertz CT molecular complexity index is 547. The molecular formula is C16H28ClN5O2. The van der Waals surface area contributed by atoms with Gasteiger partial charge in [0.05, 0.1) is 6.54 Å². The van der Waals surface area contributed by atoms with Gasteiger partial charge in [0, 0.05) is 25.0 Å². The average molecular weight is 358 g/mol. The van der Waals surface area contributed by atoms with Crippen molar-refractivity contribution in [3.63, 3.8) is 0 Å². The van der Waals surface area contributed by atoms with Gasteiger partial charge in [-0.2, -0.15) is 5.10 Å². The minimum Gasteiger partial charge on any atom is -0.350 e. The van der Waals surface area contributed by atoms with E-state index < -0.39 is 5.54 Å². The van der Waals surface area contributed by atoms with Gasteiger partial charge in [0.1, 0.15) is 5.54 Å². The lowest BCUT2D eigenvalue weighted by atomic mass is 9.87. The van der Waals surface area contributed by atoms with Crippen molar-refractivity contribution in [3.8, 4) is 0 Å². The van der Waals surface area contributed by atoms with Gasteiger partial charge in [0.25, 0.3) is 5.91 Å². The molecular weight excluding hydrogens is 330 g/mol. The number of amides is 2. The number of halogens is 1. The molecule has 1 fully saturated rings. The van der Waals surface area contributed by atoms with Gasteiger partial charge in [-0.05, 0) is 52.8 Å². The molecule has 1 saturated heterocycles. The molecule has 1 aliphatic rings. The predicted octanol–water partition coefficient (Wildman–Crippen LogP) is 0.757. The van der Waals surface area contributed by atoms with E-state index in [1.54, 1.807) is 17.9 Å². The van der Waals surface area contributed by atoms with Crippen LogP contribution in [-0.2, 0) is 15.1 Å². The molecule has 0 unspecified atom stereocenters. The zero-order valence-electron chi connectivity index (χ0n) is 14.8. The van der Waals surface area contributed by atoms with Gasteiger partial charge in [0.15, 0.2) is 0 Å². The SMILES string of the molecule is CN(CC(=O)NC(C)(C)C)C(=O)C1(n2cccn2)CCNCC1.Cl. The highest BCUT2D eigenvalue weighted by Gasteiger charge is 2.43. The first-order valence-corrected chi connectivity index (χ1v) is 8.02. The Morgan fingerprint density at radius 1 is 1.33 bits per heavy atom. The number of nitrogens with one attached hydrogen (secondary N) is 2.